The van der Waals surface area contributed by atoms with E-state index in [1.807, 2.05) is 6.07 Å². The molecule has 0 saturated heterocycles. The second-order valence-corrected chi connectivity index (χ2v) is 5.60. The van der Waals surface area contributed by atoms with Crippen LogP contribution < -0.4 is 10.1 Å². The third kappa shape index (κ3) is 3.37. The van der Waals surface area contributed by atoms with E-state index in [0.29, 0.717) is 0 Å². The SMILES string of the molecule is CCCNC(c1cccc(C)c1)c1sccc1OC. The highest BCUT2D eigenvalue weighted by atomic mass is 32.1. The molecule has 0 saturated carbocycles. The number of hydrogen-bond acceptors (Lipinski definition) is 3. The summed E-state index contributed by atoms with van der Waals surface area (Å²) in [5.74, 6) is 0.972. The monoisotopic (exact) mass is 275 g/mol. The van der Waals surface area contributed by atoms with Crippen molar-refractivity contribution < 1.29 is 4.74 Å². The molecule has 0 amide bonds. The Morgan fingerprint density at radius 3 is 2.84 bits per heavy atom. The molecule has 0 spiro atoms. The average Bonchev–Trinajstić information content (AvgIpc) is 2.88. The molecule has 1 aromatic heterocycles. The third-order valence-corrected chi connectivity index (χ3v) is 4.08. The molecule has 0 aliphatic carbocycles. The summed E-state index contributed by atoms with van der Waals surface area (Å²) in [6.07, 6.45) is 1.12. The number of thiophene rings is 1. The molecule has 1 atom stereocenters. The van der Waals surface area contributed by atoms with Crippen LogP contribution in [0.3, 0.4) is 0 Å². The van der Waals surface area contributed by atoms with Gasteiger partial charge in [0.15, 0.2) is 0 Å². The molecule has 1 N–H and O–H groups in total. The topological polar surface area (TPSA) is 21.3 Å². The Labute approximate surface area is 119 Å². The summed E-state index contributed by atoms with van der Waals surface area (Å²) < 4.78 is 5.47. The van der Waals surface area contributed by atoms with Crippen molar-refractivity contribution in [3.05, 3.63) is 51.7 Å². The molecule has 0 bridgehead atoms. The molecular formula is C16H21NOS. The standard InChI is InChI=1S/C16H21NOS/c1-4-9-17-15(13-7-5-6-12(2)11-13)16-14(18-3)8-10-19-16/h5-8,10-11,15,17H,4,9H2,1-3H3. The summed E-state index contributed by atoms with van der Waals surface area (Å²) in [7, 11) is 1.73. The van der Waals surface area contributed by atoms with Crippen LogP contribution in [0.25, 0.3) is 0 Å². The van der Waals surface area contributed by atoms with Gasteiger partial charge in [-0.25, -0.2) is 0 Å². The highest BCUT2D eigenvalue weighted by Crippen LogP contribution is 2.34. The van der Waals surface area contributed by atoms with Crippen LogP contribution in [-0.2, 0) is 0 Å². The van der Waals surface area contributed by atoms with Crippen LogP contribution >= 0.6 is 11.3 Å². The lowest BCUT2D eigenvalue weighted by molar-refractivity contribution is 0.407. The summed E-state index contributed by atoms with van der Waals surface area (Å²) in [6, 6.07) is 10.9. The van der Waals surface area contributed by atoms with E-state index in [1.165, 1.54) is 16.0 Å². The summed E-state index contributed by atoms with van der Waals surface area (Å²) in [6.45, 7) is 5.32. The molecule has 0 aliphatic heterocycles. The minimum atomic E-state index is 0.217. The molecule has 3 heteroatoms. The Kier molecular flexibility index (Phi) is 5.00. The van der Waals surface area contributed by atoms with Crippen LogP contribution in [0, 0.1) is 6.92 Å². The molecule has 0 radical (unpaired) electrons. The molecule has 1 aromatic carbocycles. The number of benzene rings is 1. The Bertz CT molecular complexity index is 521. The van der Waals surface area contributed by atoms with Crippen molar-refractivity contribution in [3.8, 4) is 5.75 Å². The first kappa shape index (κ1) is 14.1. The van der Waals surface area contributed by atoms with Crippen molar-refractivity contribution in [1.82, 2.24) is 5.32 Å². The predicted molar refractivity (Wildman–Crippen MR) is 82.2 cm³/mol. The number of nitrogens with one attached hydrogen (secondary N) is 1. The van der Waals surface area contributed by atoms with E-state index in [1.54, 1.807) is 18.4 Å². The first-order valence-corrected chi connectivity index (χ1v) is 7.55. The Hall–Kier alpha value is -1.32. The smallest absolute Gasteiger partial charge is 0.134 e. The number of methoxy groups -OCH3 is 1. The summed E-state index contributed by atoms with van der Waals surface area (Å²) in [5.41, 5.74) is 2.59. The molecular weight excluding hydrogens is 254 g/mol. The van der Waals surface area contributed by atoms with Gasteiger partial charge in [0, 0.05) is 0 Å². The second-order valence-electron chi connectivity index (χ2n) is 4.65. The summed E-state index contributed by atoms with van der Waals surface area (Å²) in [4.78, 5) is 1.25. The maximum atomic E-state index is 5.47. The van der Waals surface area contributed by atoms with Crippen molar-refractivity contribution in [2.45, 2.75) is 26.3 Å². The molecule has 2 rings (SSSR count). The van der Waals surface area contributed by atoms with Gasteiger partial charge in [0.25, 0.3) is 0 Å². The van der Waals surface area contributed by atoms with Crippen LogP contribution in [0.2, 0.25) is 0 Å². The zero-order valence-corrected chi connectivity index (χ0v) is 12.6. The number of rotatable bonds is 6. The maximum Gasteiger partial charge on any atom is 0.134 e. The van der Waals surface area contributed by atoms with E-state index in [4.69, 9.17) is 4.74 Å². The first-order valence-electron chi connectivity index (χ1n) is 6.67. The van der Waals surface area contributed by atoms with Gasteiger partial charge in [0.05, 0.1) is 18.0 Å². The van der Waals surface area contributed by atoms with Gasteiger partial charge in [0.2, 0.25) is 0 Å². The van der Waals surface area contributed by atoms with E-state index in [0.717, 1.165) is 18.7 Å². The fraction of sp³-hybridized carbons (Fsp3) is 0.375. The van der Waals surface area contributed by atoms with E-state index in [2.05, 4.69) is 48.8 Å². The first-order chi connectivity index (χ1) is 9.26. The van der Waals surface area contributed by atoms with E-state index in [9.17, 15) is 0 Å². The third-order valence-electron chi connectivity index (χ3n) is 3.11. The Balaban J connectivity index is 2.35. The summed E-state index contributed by atoms with van der Waals surface area (Å²) >= 11 is 1.75. The lowest BCUT2D eigenvalue weighted by Gasteiger charge is -2.19. The number of hydrogen-bond donors (Lipinski definition) is 1. The van der Waals surface area contributed by atoms with Gasteiger partial charge in [-0.15, -0.1) is 11.3 Å². The van der Waals surface area contributed by atoms with Crippen molar-refractivity contribution >= 4 is 11.3 Å². The molecule has 0 fully saturated rings. The van der Waals surface area contributed by atoms with Crippen molar-refractivity contribution in [1.29, 1.82) is 0 Å². The van der Waals surface area contributed by atoms with Crippen LogP contribution in [-0.4, -0.2) is 13.7 Å². The molecule has 0 aliphatic rings. The van der Waals surface area contributed by atoms with Crippen LogP contribution in [0.5, 0.6) is 5.75 Å². The zero-order chi connectivity index (χ0) is 13.7. The van der Waals surface area contributed by atoms with E-state index >= 15 is 0 Å². The Morgan fingerprint density at radius 1 is 1.32 bits per heavy atom. The molecule has 2 aromatic rings. The lowest BCUT2D eigenvalue weighted by Crippen LogP contribution is -2.22. The lowest BCUT2D eigenvalue weighted by atomic mass is 10.0. The highest BCUT2D eigenvalue weighted by molar-refractivity contribution is 7.10. The molecule has 102 valence electrons. The average molecular weight is 275 g/mol. The van der Waals surface area contributed by atoms with E-state index < -0.39 is 0 Å². The van der Waals surface area contributed by atoms with Gasteiger partial charge >= 0.3 is 0 Å². The fourth-order valence-corrected chi connectivity index (χ4v) is 3.15. The minimum absolute atomic E-state index is 0.217. The number of aryl methyl sites for hydroxylation is 1. The van der Waals surface area contributed by atoms with Crippen LogP contribution in [0.15, 0.2) is 35.7 Å². The van der Waals surface area contributed by atoms with Gasteiger partial charge in [-0.2, -0.15) is 0 Å². The molecule has 2 nitrogen and oxygen atoms in total. The second kappa shape index (κ2) is 6.73. The molecule has 19 heavy (non-hydrogen) atoms. The largest absolute Gasteiger partial charge is 0.496 e. The van der Waals surface area contributed by atoms with Gasteiger partial charge in [-0.1, -0.05) is 36.8 Å². The van der Waals surface area contributed by atoms with Crippen LogP contribution in [0.4, 0.5) is 0 Å². The van der Waals surface area contributed by atoms with Gasteiger partial charge < -0.3 is 10.1 Å². The fourth-order valence-electron chi connectivity index (χ4n) is 2.19. The molecule has 1 heterocycles. The number of ether oxygens (including phenoxy) is 1. The van der Waals surface area contributed by atoms with Gasteiger partial charge in [-0.05, 0) is 36.9 Å². The predicted octanol–water partition coefficient (Wildman–Crippen LogP) is 4.15. The van der Waals surface area contributed by atoms with Crippen molar-refractivity contribution in [2.24, 2.45) is 0 Å². The van der Waals surface area contributed by atoms with E-state index in [-0.39, 0.29) is 6.04 Å². The van der Waals surface area contributed by atoms with Crippen molar-refractivity contribution in [2.75, 3.05) is 13.7 Å². The molecule has 1 unspecified atom stereocenters. The van der Waals surface area contributed by atoms with Crippen molar-refractivity contribution in [3.63, 3.8) is 0 Å². The quantitative estimate of drug-likeness (QED) is 0.855. The van der Waals surface area contributed by atoms with Gasteiger partial charge in [0.1, 0.15) is 5.75 Å². The minimum Gasteiger partial charge on any atom is -0.496 e. The Morgan fingerprint density at radius 2 is 2.16 bits per heavy atom. The zero-order valence-electron chi connectivity index (χ0n) is 11.8. The normalized spacial score (nSPS) is 12.4. The van der Waals surface area contributed by atoms with Gasteiger partial charge in [-0.3, -0.25) is 0 Å². The maximum absolute atomic E-state index is 5.47. The van der Waals surface area contributed by atoms with Crippen LogP contribution in [0.1, 0.15) is 35.4 Å². The highest BCUT2D eigenvalue weighted by Gasteiger charge is 2.19. The summed E-state index contributed by atoms with van der Waals surface area (Å²) in [5, 5.41) is 5.71.